The number of rotatable bonds is 3. The van der Waals surface area contributed by atoms with Crippen LogP contribution in [0.4, 0.5) is 4.39 Å². The number of carbonyl (C=O) groups excluding carboxylic acids is 1. The van der Waals surface area contributed by atoms with Crippen molar-refractivity contribution in [2.45, 2.75) is 6.42 Å². The number of carboxylic acid groups (broad SMARTS) is 1. The Morgan fingerprint density at radius 2 is 2.20 bits per heavy atom. The number of esters is 1. The van der Waals surface area contributed by atoms with Gasteiger partial charge in [0.1, 0.15) is 0 Å². The van der Waals surface area contributed by atoms with Crippen molar-refractivity contribution < 1.29 is 23.8 Å². The van der Waals surface area contributed by atoms with Crippen molar-refractivity contribution in [2.75, 3.05) is 7.11 Å². The van der Waals surface area contributed by atoms with E-state index in [4.69, 9.17) is 5.11 Å². The number of halogens is 1. The van der Waals surface area contributed by atoms with Gasteiger partial charge >= 0.3 is 11.9 Å². The fraction of sp³-hybridized carbons (Fsp3) is 0.222. The number of hydrogen-bond acceptors (Lipinski definition) is 4. The first-order chi connectivity index (χ1) is 7.02. The Balaban J connectivity index is 3.04. The predicted octanol–water partition coefficient (Wildman–Crippen LogP) is 0.634. The van der Waals surface area contributed by atoms with Crippen molar-refractivity contribution >= 4 is 11.9 Å². The lowest BCUT2D eigenvalue weighted by Gasteiger charge is -2.01. The first-order valence-corrected chi connectivity index (χ1v) is 3.99. The van der Waals surface area contributed by atoms with Crippen LogP contribution in [0.25, 0.3) is 0 Å². The average Bonchev–Trinajstić information content (AvgIpc) is 2.14. The van der Waals surface area contributed by atoms with E-state index in [1.165, 1.54) is 6.07 Å². The van der Waals surface area contributed by atoms with E-state index < -0.39 is 17.9 Å². The zero-order valence-electron chi connectivity index (χ0n) is 7.86. The van der Waals surface area contributed by atoms with Crippen molar-refractivity contribution in [2.24, 2.45) is 0 Å². The van der Waals surface area contributed by atoms with Crippen molar-refractivity contribution in [1.82, 2.24) is 4.98 Å². The Labute approximate surface area is 84.5 Å². The third-order valence-electron chi connectivity index (χ3n) is 1.60. The number of carbonyl (C=O) groups is 2. The monoisotopic (exact) mass is 213 g/mol. The summed E-state index contributed by atoms with van der Waals surface area (Å²) in [4.78, 5) is 24.7. The van der Waals surface area contributed by atoms with Gasteiger partial charge in [-0.15, -0.1) is 0 Å². The molecule has 0 bridgehead atoms. The first-order valence-electron chi connectivity index (χ1n) is 3.99. The van der Waals surface area contributed by atoms with Crippen LogP contribution in [0.3, 0.4) is 0 Å². The number of methoxy groups -OCH3 is 1. The Morgan fingerprint density at radius 1 is 1.53 bits per heavy atom. The number of aromatic nitrogens is 1. The van der Waals surface area contributed by atoms with Crippen LogP contribution in [0.5, 0.6) is 0 Å². The van der Waals surface area contributed by atoms with Gasteiger partial charge in [-0.1, -0.05) is 0 Å². The van der Waals surface area contributed by atoms with Crippen LogP contribution in [0.2, 0.25) is 0 Å². The molecule has 0 aromatic carbocycles. The van der Waals surface area contributed by atoms with E-state index in [0.29, 0.717) is 0 Å². The SMILES string of the molecule is COC(=O)c1cc(CC(=O)O)cc(F)n1. The summed E-state index contributed by atoms with van der Waals surface area (Å²) in [6.45, 7) is 0. The largest absolute Gasteiger partial charge is 0.481 e. The predicted molar refractivity (Wildman–Crippen MR) is 46.9 cm³/mol. The highest BCUT2D eigenvalue weighted by molar-refractivity contribution is 5.87. The van der Waals surface area contributed by atoms with Crippen molar-refractivity contribution in [3.63, 3.8) is 0 Å². The van der Waals surface area contributed by atoms with Gasteiger partial charge in [-0.05, 0) is 17.7 Å². The van der Waals surface area contributed by atoms with E-state index in [2.05, 4.69) is 9.72 Å². The van der Waals surface area contributed by atoms with Crippen LogP contribution in [0, 0.1) is 5.95 Å². The summed E-state index contributed by atoms with van der Waals surface area (Å²) in [5.41, 5.74) is -0.0795. The molecule has 0 spiro atoms. The number of pyridine rings is 1. The van der Waals surface area contributed by atoms with Crippen LogP contribution < -0.4 is 0 Å². The molecule has 15 heavy (non-hydrogen) atoms. The number of hydrogen-bond donors (Lipinski definition) is 1. The number of carboxylic acids is 1. The minimum Gasteiger partial charge on any atom is -0.481 e. The van der Waals surface area contributed by atoms with Crippen molar-refractivity contribution in [3.05, 3.63) is 29.3 Å². The standard InChI is InChI=1S/C9H8FNO4/c1-15-9(14)6-2-5(4-8(12)13)3-7(10)11-6/h2-3H,4H2,1H3,(H,12,13). The minimum atomic E-state index is -1.11. The lowest BCUT2D eigenvalue weighted by molar-refractivity contribution is -0.136. The lowest BCUT2D eigenvalue weighted by Crippen LogP contribution is -2.08. The fourth-order valence-corrected chi connectivity index (χ4v) is 1.04. The summed E-state index contributed by atoms with van der Waals surface area (Å²) >= 11 is 0. The zero-order chi connectivity index (χ0) is 11.4. The maximum absolute atomic E-state index is 12.9. The van der Waals surface area contributed by atoms with Crippen LogP contribution in [-0.4, -0.2) is 29.1 Å². The Kier molecular flexibility index (Phi) is 3.33. The lowest BCUT2D eigenvalue weighted by atomic mass is 10.1. The molecule has 1 rings (SSSR count). The molecule has 0 aliphatic carbocycles. The molecule has 0 unspecified atom stereocenters. The molecule has 0 atom stereocenters. The van der Waals surface area contributed by atoms with Gasteiger partial charge in [0.05, 0.1) is 13.5 Å². The van der Waals surface area contributed by atoms with Gasteiger partial charge in [-0.25, -0.2) is 9.78 Å². The molecule has 6 heteroatoms. The van der Waals surface area contributed by atoms with E-state index in [9.17, 15) is 14.0 Å². The first kappa shape index (κ1) is 11.1. The molecule has 1 heterocycles. The molecule has 0 radical (unpaired) electrons. The molecular formula is C9H8FNO4. The normalized spacial score (nSPS) is 9.73. The third-order valence-corrected chi connectivity index (χ3v) is 1.60. The molecule has 0 saturated heterocycles. The molecule has 1 N–H and O–H groups in total. The molecular weight excluding hydrogens is 205 g/mol. The second-order valence-corrected chi connectivity index (χ2v) is 2.75. The molecule has 0 fully saturated rings. The topological polar surface area (TPSA) is 76.5 Å². The summed E-state index contributed by atoms with van der Waals surface area (Å²) in [6.07, 6.45) is -0.372. The van der Waals surface area contributed by atoms with Crippen LogP contribution in [0.15, 0.2) is 12.1 Å². The van der Waals surface area contributed by atoms with Gasteiger partial charge in [0.2, 0.25) is 5.95 Å². The van der Waals surface area contributed by atoms with E-state index in [1.54, 1.807) is 0 Å². The summed E-state index contributed by atoms with van der Waals surface area (Å²) in [5, 5.41) is 8.49. The van der Waals surface area contributed by atoms with Crippen LogP contribution in [0.1, 0.15) is 16.1 Å². The third kappa shape index (κ3) is 3.01. The van der Waals surface area contributed by atoms with Gasteiger partial charge in [-0.3, -0.25) is 4.79 Å². The number of nitrogens with zero attached hydrogens (tertiary/aromatic N) is 1. The molecule has 0 aliphatic rings. The highest BCUT2D eigenvalue weighted by Gasteiger charge is 2.12. The molecule has 0 amide bonds. The van der Waals surface area contributed by atoms with E-state index >= 15 is 0 Å². The van der Waals surface area contributed by atoms with Gasteiger partial charge in [0.15, 0.2) is 5.69 Å². The highest BCUT2D eigenvalue weighted by atomic mass is 19.1. The fourth-order valence-electron chi connectivity index (χ4n) is 1.04. The Bertz CT molecular complexity index is 405. The number of aliphatic carboxylic acids is 1. The summed E-state index contributed by atoms with van der Waals surface area (Å²) < 4.78 is 17.2. The Morgan fingerprint density at radius 3 is 2.73 bits per heavy atom. The average molecular weight is 213 g/mol. The van der Waals surface area contributed by atoms with Gasteiger partial charge in [-0.2, -0.15) is 4.39 Å². The van der Waals surface area contributed by atoms with Crippen LogP contribution in [-0.2, 0) is 16.0 Å². The molecule has 1 aromatic heterocycles. The maximum Gasteiger partial charge on any atom is 0.356 e. The quantitative estimate of drug-likeness (QED) is 0.588. The van der Waals surface area contributed by atoms with Crippen molar-refractivity contribution in [1.29, 1.82) is 0 Å². The van der Waals surface area contributed by atoms with E-state index in [1.807, 2.05) is 0 Å². The second-order valence-electron chi connectivity index (χ2n) is 2.75. The Hall–Kier alpha value is -1.98. The van der Waals surface area contributed by atoms with Gasteiger partial charge in [0.25, 0.3) is 0 Å². The summed E-state index contributed by atoms with van der Waals surface area (Å²) in [5.74, 6) is -2.83. The summed E-state index contributed by atoms with van der Waals surface area (Å²) in [7, 11) is 1.13. The zero-order valence-corrected chi connectivity index (χ0v) is 7.86. The van der Waals surface area contributed by atoms with Crippen LogP contribution >= 0.6 is 0 Å². The van der Waals surface area contributed by atoms with Gasteiger partial charge in [0, 0.05) is 0 Å². The van der Waals surface area contributed by atoms with Crippen molar-refractivity contribution in [3.8, 4) is 0 Å². The molecule has 80 valence electrons. The molecule has 0 aliphatic heterocycles. The minimum absolute atomic E-state index is 0.162. The highest BCUT2D eigenvalue weighted by Crippen LogP contribution is 2.07. The molecule has 1 aromatic rings. The van der Waals surface area contributed by atoms with Gasteiger partial charge < -0.3 is 9.84 Å². The second kappa shape index (κ2) is 4.50. The molecule has 5 nitrogen and oxygen atoms in total. The smallest absolute Gasteiger partial charge is 0.356 e. The van der Waals surface area contributed by atoms with E-state index in [-0.39, 0.29) is 17.7 Å². The maximum atomic E-state index is 12.9. The number of ether oxygens (including phenoxy) is 1. The summed E-state index contributed by atoms with van der Waals surface area (Å²) in [6, 6.07) is 2.14. The van der Waals surface area contributed by atoms with E-state index in [0.717, 1.165) is 13.2 Å². The molecule has 0 saturated carbocycles.